The molecule has 0 aliphatic carbocycles. The maximum Gasteiger partial charge on any atom is 0.201 e. The van der Waals surface area contributed by atoms with Gasteiger partial charge in [-0.2, -0.15) is 0 Å². The number of nitrogens with zero attached hydrogens (tertiary/aromatic N) is 2. The van der Waals surface area contributed by atoms with E-state index in [1.165, 1.54) is 4.88 Å². The second kappa shape index (κ2) is 3.16. The van der Waals surface area contributed by atoms with Gasteiger partial charge >= 0.3 is 0 Å². The number of hydrogen-bond donors (Lipinski definition) is 1. The maximum absolute atomic E-state index is 5.67. The summed E-state index contributed by atoms with van der Waals surface area (Å²) in [7, 11) is 1.90. The van der Waals surface area contributed by atoms with Crippen LogP contribution in [0.1, 0.15) is 0 Å². The molecule has 2 N–H and O–H groups in total. The molecule has 0 radical (unpaired) electrons. The van der Waals surface area contributed by atoms with E-state index < -0.39 is 0 Å². The van der Waals surface area contributed by atoms with Crippen LogP contribution >= 0.6 is 27.3 Å². The number of anilines is 1. The molecule has 2 aromatic heterocycles. The van der Waals surface area contributed by atoms with E-state index in [1.807, 2.05) is 29.1 Å². The van der Waals surface area contributed by atoms with Crippen LogP contribution in [-0.4, -0.2) is 9.55 Å². The molecule has 13 heavy (non-hydrogen) atoms. The first-order valence-electron chi connectivity index (χ1n) is 3.71. The van der Waals surface area contributed by atoms with Crippen LogP contribution in [0.3, 0.4) is 0 Å². The highest BCUT2D eigenvalue weighted by Crippen LogP contribution is 2.32. The molecule has 0 saturated carbocycles. The van der Waals surface area contributed by atoms with Gasteiger partial charge in [0.05, 0.1) is 10.6 Å². The maximum atomic E-state index is 5.67. The monoisotopic (exact) mass is 257 g/mol. The minimum atomic E-state index is 0.523. The number of halogens is 1. The van der Waals surface area contributed by atoms with Crippen molar-refractivity contribution >= 4 is 33.2 Å². The topological polar surface area (TPSA) is 43.8 Å². The summed E-state index contributed by atoms with van der Waals surface area (Å²) in [6.07, 6.45) is 0. The lowest BCUT2D eigenvalue weighted by atomic mass is 10.4. The minimum Gasteiger partial charge on any atom is -0.369 e. The second-order valence-corrected chi connectivity index (χ2v) is 4.34. The van der Waals surface area contributed by atoms with Gasteiger partial charge in [-0.15, -0.1) is 11.3 Å². The van der Waals surface area contributed by atoms with Crippen LogP contribution in [0.5, 0.6) is 0 Å². The van der Waals surface area contributed by atoms with Crippen molar-refractivity contribution in [3.05, 3.63) is 22.1 Å². The normalized spacial score (nSPS) is 10.6. The molecule has 0 amide bonds. The van der Waals surface area contributed by atoms with Crippen LogP contribution < -0.4 is 5.73 Å². The molecule has 0 saturated heterocycles. The van der Waals surface area contributed by atoms with Crippen LogP contribution in [0.15, 0.2) is 22.1 Å². The van der Waals surface area contributed by atoms with Crippen LogP contribution in [0.25, 0.3) is 10.6 Å². The highest BCUT2D eigenvalue weighted by Gasteiger charge is 2.12. The van der Waals surface area contributed by atoms with Gasteiger partial charge in [-0.05, 0) is 27.4 Å². The number of nitrogens with two attached hydrogens (primary N) is 1. The van der Waals surface area contributed by atoms with Crippen molar-refractivity contribution in [2.75, 3.05) is 5.73 Å². The Morgan fingerprint density at radius 2 is 2.38 bits per heavy atom. The first kappa shape index (κ1) is 8.77. The molecule has 2 rings (SSSR count). The van der Waals surface area contributed by atoms with Crippen molar-refractivity contribution in [2.24, 2.45) is 7.05 Å². The number of nitrogen functional groups attached to an aromatic ring is 1. The van der Waals surface area contributed by atoms with Gasteiger partial charge in [0, 0.05) is 7.05 Å². The van der Waals surface area contributed by atoms with Crippen LogP contribution in [0.2, 0.25) is 0 Å². The molecule has 2 aromatic rings. The molecule has 0 spiro atoms. The summed E-state index contributed by atoms with van der Waals surface area (Å²) in [5.41, 5.74) is 6.71. The molecule has 5 heteroatoms. The summed E-state index contributed by atoms with van der Waals surface area (Å²) < 4.78 is 2.67. The molecule has 0 unspecified atom stereocenters. The number of hydrogen-bond acceptors (Lipinski definition) is 3. The average molecular weight is 258 g/mol. The Kier molecular flexibility index (Phi) is 2.13. The molecule has 2 heterocycles. The van der Waals surface area contributed by atoms with Gasteiger partial charge in [-0.1, -0.05) is 6.07 Å². The molecule has 0 aromatic carbocycles. The predicted molar refractivity (Wildman–Crippen MR) is 58.6 cm³/mol. The second-order valence-electron chi connectivity index (χ2n) is 2.65. The number of rotatable bonds is 1. The zero-order valence-corrected chi connectivity index (χ0v) is 9.39. The van der Waals surface area contributed by atoms with Crippen molar-refractivity contribution in [3.63, 3.8) is 0 Å². The Morgan fingerprint density at radius 3 is 2.85 bits per heavy atom. The Balaban J connectivity index is 2.64. The molecular weight excluding hydrogens is 250 g/mol. The van der Waals surface area contributed by atoms with Gasteiger partial charge in [0.15, 0.2) is 0 Å². The quantitative estimate of drug-likeness (QED) is 0.854. The fourth-order valence-electron chi connectivity index (χ4n) is 1.16. The predicted octanol–water partition coefficient (Wildman–Crippen LogP) is 2.49. The van der Waals surface area contributed by atoms with Crippen molar-refractivity contribution in [3.8, 4) is 10.6 Å². The van der Waals surface area contributed by atoms with Gasteiger partial charge in [-0.25, -0.2) is 4.98 Å². The summed E-state index contributed by atoms with van der Waals surface area (Å²) in [4.78, 5) is 5.30. The SMILES string of the molecule is Cn1c(N)nc(Br)c1-c1cccs1. The smallest absolute Gasteiger partial charge is 0.201 e. The van der Waals surface area contributed by atoms with E-state index in [0.29, 0.717) is 5.95 Å². The number of imidazole rings is 1. The number of thiophene rings is 1. The third kappa shape index (κ3) is 1.38. The molecular formula is C8H8BrN3S. The van der Waals surface area contributed by atoms with Crippen LogP contribution in [0, 0.1) is 0 Å². The molecule has 0 aliphatic heterocycles. The van der Waals surface area contributed by atoms with E-state index in [1.54, 1.807) is 11.3 Å². The van der Waals surface area contributed by atoms with E-state index in [2.05, 4.69) is 20.9 Å². The first-order valence-corrected chi connectivity index (χ1v) is 5.39. The molecule has 3 nitrogen and oxygen atoms in total. The van der Waals surface area contributed by atoms with E-state index in [-0.39, 0.29) is 0 Å². The minimum absolute atomic E-state index is 0.523. The summed E-state index contributed by atoms with van der Waals surface area (Å²) in [6, 6.07) is 4.06. The standard InChI is InChI=1S/C8H8BrN3S/c1-12-6(5-3-2-4-13-5)7(9)11-8(12)10/h2-4H,1H3,(H2,10,11). The van der Waals surface area contributed by atoms with Crippen molar-refractivity contribution in [1.29, 1.82) is 0 Å². The Hall–Kier alpha value is -0.810. The van der Waals surface area contributed by atoms with E-state index in [4.69, 9.17) is 5.73 Å². The van der Waals surface area contributed by atoms with Gasteiger partial charge in [0.25, 0.3) is 0 Å². The molecule has 0 aliphatic rings. The lowest BCUT2D eigenvalue weighted by molar-refractivity contribution is 0.940. The fourth-order valence-corrected chi connectivity index (χ4v) is 2.76. The zero-order chi connectivity index (χ0) is 9.42. The molecule has 0 fully saturated rings. The summed E-state index contributed by atoms with van der Waals surface area (Å²) in [6.45, 7) is 0. The van der Waals surface area contributed by atoms with Crippen molar-refractivity contribution in [2.45, 2.75) is 0 Å². The lowest BCUT2D eigenvalue weighted by Crippen LogP contribution is -1.97. The summed E-state index contributed by atoms with van der Waals surface area (Å²) in [5, 5.41) is 2.03. The van der Waals surface area contributed by atoms with E-state index in [0.717, 1.165) is 10.3 Å². The van der Waals surface area contributed by atoms with Crippen LogP contribution in [0.4, 0.5) is 5.95 Å². The van der Waals surface area contributed by atoms with Crippen molar-refractivity contribution < 1.29 is 0 Å². The Labute approximate surface area is 88.3 Å². The molecule has 0 atom stereocenters. The van der Waals surface area contributed by atoms with Crippen LogP contribution in [-0.2, 0) is 7.05 Å². The van der Waals surface area contributed by atoms with Crippen molar-refractivity contribution in [1.82, 2.24) is 9.55 Å². The van der Waals surface area contributed by atoms with Gasteiger partial charge < -0.3 is 10.3 Å². The Bertz CT molecular complexity index is 419. The fraction of sp³-hybridized carbons (Fsp3) is 0.125. The van der Waals surface area contributed by atoms with Gasteiger partial charge in [0.1, 0.15) is 4.60 Å². The summed E-state index contributed by atoms with van der Waals surface area (Å²) in [5.74, 6) is 0.523. The zero-order valence-electron chi connectivity index (χ0n) is 6.99. The first-order chi connectivity index (χ1) is 6.20. The highest BCUT2D eigenvalue weighted by atomic mass is 79.9. The highest BCUT2D eigenvalue weighted by molar-refractivity contribution is 9.10. The lowest BCUT2D eigenvalue weighted by Gasteiger charge is -1.99. The number of aromatic nitrogens is 2. The third-order valence-electron chi connectivity index (χ3n) is 1.84. The van der Waals surface area contributed by atoms with E-state index in [9.17, 15) is 0 Å². The largest absolute Gasteiger partial charge is 0.369 e. The van der Waals surface area contributed by atoms with Gasteiger partial charge in [-0.3, -0.25) is 0 Å². The third-order valence-corrected chi connectivity index (χ3v) is 3.27. The summed E-state index contributed by atoms with van der Waals surface area (Å²) >= 11 is 5.06. The average Bonchev–Trinajstić information content (AvgIpc) is 2.63. The molecule has 0 bridgehead atoms. The van der Waals surface area contributed by atoms with Gasteiger partial charge in [0.2, 0.25) is 5.95 Å². The molecule has 68 valence electrons. The van der Waals surface area contributed by atoms with E-state index >= 15 is 0 Å². The Morgan fingerprint density at radius 1 is 1.62 bits per heavy atom.